The van der Waals surface area contributed by atoms with Crippen molar-refractivity contribution in [3.8, 4) is 0 Å². The van der Waals surface area contributed by atoms with E-state index in [4.69, 9.17) is 0 Å². The molecule has 3 aliphatic rings. The first-order valence-electron chi connectivity index (χ1n) is 11.2. The zero-order valence-electron chi connectivity index (χ0n) is 17.1. The molecule has 0 spiro atoms. The summed E-state index contributed by atoms with van der Waals surface area (Å²) in [4.78, 5) is 35.1. The summed E-state index contributed by atoms with van der Waals surface area (Å²) in [6, 6.07) is 1.80. The summed E-state index contributed by atoms with van der Waals surface area (Å²) in [6.07, 6.45) is 17.3. The van der Waals surface area contributed by atoms with Gasteiger partial charge >= 0.3 is 0 Å². The summed E-state index contributed by atoms with van der Waals surface area (Å²) in [7, 11) is 0. The van der Waals surface area contributed by atoms with Gasteiger partial charge in [-0.25, -0.2) is 9.97 Å². The van der Waals surface area contributed by atoms with Gasteiger partial charge in [0.15, 0.2) is 5.78 Å². The molecule has 0 aromatic carbocycles. The number of Topliss-reactive ketones (excluding diaryl/α,β-unsaturated/α-hetero) is 1. The average Bonchev–Trinajstić information content (AvgIpc) is 3.06. The van der Waals surface area contributed by atoms with E-state index in [1.165, 1.54) is 64.2 Å². The lowest BCUT2D eigenvalue weighted by Crippen LogP contribution is -2.35. The van der Waals surface area contributed by atoms with Crippen molar-refractivity contribution in [1.29, 1.82) is 0 Å². The predicted octanol–water partition coefficient (Wildman–Crippen LogP) is 5.02. The van der Waals surface area contributed by atoms with Crippen LogP contribution in [-0.4, -0.2) is 34.0 Å². The lowest BCUT2D eigenvalue weighted by atomic mass is 9.83. The van der Waals surface area contributed by atoms with Crippen LogP contribution < -0.4 is 4.90 Å². The van der Waals surface area contributed by atoms with Crippen molar-refractivity contribution >= 4 is 34.7 Å². The van der Waals surface area contributed by atoms with Crippen molar-refractivity contribution in [3.05, 3.63) is 22.9 Å². The third-order valence-electron chi connectivity index (χ3n) is 6.59. The van der Waals surface area contributed by atoms with Crippen molar-refractivity contribution in [1.82, 2.24) is 9.97 Å². The van der Waals surface area contributed by atoms with E-state index in [0.717, 1.165) is 42.6 Å². The molecule has 6 heteroatoms. The fraction of sp³-hybridized carbons (Fsp3) is 0.652. The third kappa shape index (κ3) is 5.68. The second-order valence-corrected chi connectivity index (χ2v) is 9.83. The van der Waals surface area contributed by atoms with Crippen molar-refractivity contribution in [3.63, 3.8) is 0 Å². The summed E-state index contributed by atoms with van der Waals surface area (Å²) in [5.74, 6) is 2.46. The van der Waals surface area contributed by atoms with Gasteiger partial charge in [0.25, 0.3) is 0 Å². The van der Waals surface area contributed by atoms with Gasteiger partial charge in [-0.3, -0.25) is 9.59 Å². The Morgan fingerprint density at radius 1 is 1.03 bits per heavy atom. The molecule has 29 heavy (non-hydrogen) atoms. The maximum Gasteiger partial charge on any atom is 0.225 e. The molecular weight excluding hydrogens is 382 g/mol. The highest BCUT2D eigenvalue weighted by Crippen LogP contribution is 2.32. The van der Waals surface area contributed by atoms with Gasteiger partial charge in [0, 0.05) is 19.3 Å². The lowest BCUT2D eigenvalue weighted by molar-refractivity contribution is -0.119. The van der Waals surface area contributed by atoms with Crippen LogP contribution >= 0.6 is 11.8 Å². The highest BCUT2D eigenvalue weighted by Gasteiger charge is 2.26. The molecule has 0 radical (unpaired) electrons. The maximum atomic E-state index is 11.8. The number of anilines is 1. The largest absolute Gasteiger partial charge is 0.341 e. The molecule has 1 aromatic heterocycles. The second-order valence-electron chi connectivity index (χ2n) is 8.73. The van der Waals surface area contributed by atoms with Gasteiger partial charge in [-0.05, 0) is 48.6 Å². The fourth-order valence-electron chi connectivity index (χ4n) is 4.87. The van der Waals surface area contributed by atoms with Crippen LogP contribution in [0.25, 0.3) is 6.08 Å². The maximum absolute atomic E-state index is 11.8. The second kappa shape index (κ2) is 9.88. The van der Waals surface area contributed by atoms with Crippen LogP contribution in [0.2, 0.25) is 0 Å². The van der Waals surface area contributed by atoms with Gasteiger partial charge in [-0.15, -0.1) is 0 Å². The minimum Gasteiger partial charge on any atom is -0.341 e. The molecule has 3 heterocycles. The van der Waals surface area contributed by atoms with E-state index in [2.05, 4.69) is 14.9 Å². The highest BCUT2D eigenvalue weighted by atomic mass is 32.2. The smallest absolute Gasteiger partial charge is 0.225 e. The number of hydrogen-bond acceptors (Lipinski definition) is 6. The number of aromatic nitrogens is 2. The molecule has 0 atom stereocenters. The van der Waals surface area contributed by atoms with Crippen LogP contribution in [0.3, 0.4) is 0 Å². The van der Waals surface area contributed by atoms with Crippen molar-refractivity contribution < 1.29 is 9.59 Å². The van der Waals surface area contributed by atoms with E-state index < -0.39 is 0 Å². The molecular formula is C23H31N3O2S. The fourth-order valence-corrected chi connectivity index (χ4v) is 5.68. The minimum atomic E-state index is -0.103. The lowest BCUT2D eigenvalue weighted by Gasteiger charge is -2.32. The summed E-state index contributed by atoms with van der Waals surface area (Å²) in [5, 5.41) is -0.0823. The van der Waals surface area contributed by atoms with Crippen molar-refractivity contribution in [2.75, 3.05) is 18.0 Å². The summed E-state index contributed by atoms with van der Waals surface area (Å²) in [5.41, 5.74) is 0.704. The van der Waals surface area contributed by atoms with Crippen LogP contribution in [0, 0.1) is 11.8 Å². The van der Waals surface area contributed by atoms with E-state index in [9.17, 15) is 9.59 Å². The number of thioether (sulfide) groups is 1. The molecule has 0 bridgehead atoms. The Labute approximate surface area is 177 Å². The number of allylic oxidation sites excluding steroid dienone is 1. The molecule has 5 nitrogen and oxygen atoms in total. The van der Waals surface area contributed by atoms with E-state index >= 15 is 0 Å². The molecule has 4 rings (SSSR count). The zero-order valence-corrected chi connectivity index (χ0v) is 18.0. The van der Waals surface area contributed by atoms with Crippen LogP contribution in [-0.2, 0) is 9.59 Å². The van der Waals surface area contributed by atoms with Crippen molar-refractivity contribution in [2.24, 2.45) is 11.8 Å². The first kappa shape index (κ1) is 20.6. The highest BCUT2D eigenvalue weighted by molar-refractivity contribution is 8.18. The number of ketones is 1. The topological polar surface area (TPSA) is 63.2 Å². The van der Waals surface area contributed by atoms with E-state index in [-0.39, 0.29) is 17.3 Å². The Bertz CT molecular complexity index is 765. The van der Waals surface area contributed by atoms with Gasteiger partial charge in [0.2, 0.25) is 11.1 Å². The Hall–Kier alpha value is -1.69. The van der Waals surface area contributed by atoms with Crippen LogP contribution in [0.4, 0.5) is 5.95 Å². The molecule has 0 amide bonds. The van der Waals surface area contributed by atoms with Crippen LogP contribution in [0.15, 0.2) is 17.2 Å². The molecule has 2 saturated heterocycles. The van der Waals surface area contributed by atoms with Gasteiger partial charge in [-0.2, -0.15) is 0 Å². The third-order valence-corrected chi connectivity index (χ3v) is 7.53. The van der Waals surface area contributed by atoms with Crippen LogP contribution in [0.5, 0.6) is 0 Å². The van der Waals surface area contributed by atoms with E-state index in [1.807, 2.05) is 0 Å². The molecule has 1 saturated carbocycles. The van der Waals surface area contributed by atoms with E-state index in [1.54, 1.807) is 18.3 Å². The minimum absolute atomic E-state index is 0.00268. The average molecular weight is 414 g/mol. The molecule has 1 aromatic rings. The Morgan fingerprint density at radius 2 is 1.76 bits per heavy atom. The predicted molar refractivity (Wildman–Crippen MR) is 118 cm³/mol. The standard InChI is InChI=1S/C23H31N3O2S/c27-20-16-22(28)29-21(20)15-19-9-12-24-23(25-19)26-13-10-18(11-14-26)8-4-7-17-5-2-1-3-6-17/h9,12,15,17-18H,1-8,10-11,13-14,16H2/b21-15-. The molecule has 0 N–H and O–H groups in total. The van der Waals surface area contributed by atoms with Gasteiger partial charge in [-0.1, -0.05) is 51.4 Å². The molecule has 1 aliphatic carbocycles. The Kier molecular flexibility index (Phi) is 7.01. The van der Waals surface area contributed by atoms with Gasteiger partial charge in [0.1, 0.15) is 0 Å². The van der Waals surface area contributed by atoms with Gasteiger partial charge in [0.05, 0.1) is 17.0 Å². The monoisotopic (exact) mass is 413 g/mol. The number of carbonyl (C=O) groups is 2. The first-order valence-corrected chi connectivity index (χ1v) is 12.0. The molecule has 2 aliphatic heterocycles. The first-order chi connectivity index (χ1) is 14.2. The quantitative estimate of drug-likeness (QED) is 0.482. The number of piperidine rings is 1. The van der Waals surface area contributed by atoms with Crippen LogP contribution in [0.1, 0.15) is 76.3 Å². The zero-order chi connectivity index (χ0) is 20.1. The number of hydrogen-bond donors (Lipinski definition) is 0. The van der Waals surface area contributed by atoms with E-state index in [0.29, 0.717) is 10.6 Å². The van der Waals surface area contributed by atoms with Crippen molar-refractivity contribution in [2.45, 2.75) is 70.6 Å². The van der Waals surface area contributed by atoms with Gasteiger partial charge < -0.3 is 4.90 Å². The summed E-state index contributed by atoms with van der Waals surface area (Å²) < 4.78 is 0. The summed E-state index contributed by atoms with van der Waals surface area (Å²) in [6.45, 7) is 2.00. The number of carbonyl (C=O) groups excluding carboxylic acids is 2. The number of rotatable bonds is 6. The molecule has 156 valence electrons. The Balaban J connectivity index is 1.26. The SMILES string of the molecule is O=C1CC(=O)/C(=C/c2ccnc(N3CCC(CCCC4CCCCC4)CC3)n2)S1. The number of nitrogens with zero attached hydrogens (tertiary/aromatic N) is 3. The Morgan fingerprint density at radius 3 is 2.45 bits per heavy atom. The molecule has 0 unspecified atom stereocenters. The normalized spacial score (nSPS) is 23.3. The summed E-state index contributed by atoms with van der Waals surface area (Å²) >= 11 is 1.03. The molecule has 3 fully saturated rings.